The van der Waals surface area contributed by atoms with Gasteiger partial charge in [0.05, 0.1) is 0 Å². The quantitative estimate of drug-likeness (QED) is 0.620. The molecular formula is C6H7N3O3. The van der Waals surface area contributed by atoms with Crippen molar-refractivity contribution in [3.05, 3.63) is 12.2 Å². The zero-order chi connectivity index (χ0) is 9.14. The summed E-state index contributed by atoms with van der Waals surface area (Å²) >= 11 is 0. The standard InChI is InChI=1S/C6H7N3O3/c1-4(10)6-7-3-9(8-6)2-5(11)12/h3H,2H2,1H3,(H,11,12). The number of ketones is 1. The Labute approximate surface area is 67.8 Å². The molecule has 0 aromatic carbocycles. The molecule has 0 aliphatic heterocycles. The average Bonchev–Trinajstić information content (AvgIpc) is 2.34. The second-order valence-corrected chi connectivity index (χ2v) is 2.22. The fourth-order valence-electron chi connectivity index (χ4n) is 0.671. The number of carboxylic acids is 1. The van der Waals surface area contributed by atoms with E-state index in [1.54, 1.807) is 0 Å². The van der Waals surface area contributed by atoms with Gasteiger partial charge in [-0.15, -0.1) is 5.10 Å². The Bertz CT molecular complexity index is 318. The minimum absolute atomic E-state index is 0.0382. The molecule has 0 amide bonds. The first kappa shape index (κ1) is 8.38. The Morgan fingerprint density at radius 2 is 2.33 bits per heavy atom. The molecule has 0 saturated carbocycles. The van der Waals surface area contributed by atoms with E-state index in [-0.39, 0.29) is 18.2 Å². The zero-order valence-electron chi connectivity index (χ0n) is 6.39. The van der Waals surface area contributed by atoms with Crippen LogP contribution in [-0.4, -0.2) is 31.6 Å². The predicted octanol–water partition coefficient (Wildman–Crippen LogP) is -0.435. The Morgan fingerprint density at radius 1 is 1.67 bits per heavy atom. The highest BCUT2D eigenvalue weighted by molar-refractivity contribution is 5.89. The molecule has 1 heterocycles. The third kappa shape index (κ3) is 1.88. The van der Waals surface area contributed by atoms with Crippen molar-refractivity contribution >= 4 is 11.8 Å². The second kappa shape index (κ2) is 3.12. The maximum Gasteiger partial charge on any atom is 0.325 e. The van der Waals surface area contributed by atoms with Crippen molar-refractivity contribution in [3.63, 3.8) is 0 Å². The van der Waals surface area contributed by atoms with E-state index >= 15 is 0 Å². The van der Waals surface area contributed by atoms with E-state index < -0.39 is 5.97 Å². The first-order valence-corrected chi connectivity index (χ1v) is 3.22. The van der Waals surface area contributed by atoms with Crippen LogP contribution in [0, 0.1) is 0 Å². The number of hydrogen-bond donors (Lipinski definition) is 1. The van der Waals surface area contributed by atoms with Crippen LogP contribution in [0.5, 0.6) is 0 Å². The van der Waals surface area contributed by atoms with Crippen LogP contribution in [0.2, 0.25) is 0 Å². The van der Waals surface area contributed by atoms with E-state index in [9.17, 15) is 9.59 Å². The Hall–Kier alpha value is -1.72. The molecule has 1 N–H and O–H groups in total. The first-order chi connectivity index (χ1) is 5.59. The minimum atomic E-state index is -1.02. The van der Waals surface area contributed by atoms with Crippen molar-refractivity contribution in [3.8, 4) is 0 Å². The summed E-state index contributed by atoms with van der Waals surface area (Å²) in [6.45, 7) is 1.04. The van der Waals surface area contributed by atoms with Crippen LogP contribution in [0.1, 0.15) is 17.5 Å². The number of nitrogens with zero attached hydrogens (tertiary/aromatic N) is 3. The lowest BCUT2D eigenvalue weighted by Crippen LogP contribution is -2.09. The van der Waals surface area contributed by atoms with Crippen molar-refractivity contribution in [2.24, 2.45) is 0 Å². The molecule has 0 spiro atoms. The van der Waals surface area contributed by atoms with Crippen LogP contribution in [0.3, 0.4) is 0 Å². The molecule has 0 saturated heterocycles. The summed E-state index contributed by atoms with van der Waals surface area (Å²) in [4.78, 5) is 24.4. The molecule has 0 radical (unpaired) electrons. The summed E-state index contributed by atoms with van der Waals surface area (Å²) in [7, 11) is 0. The van der Waals surface area contributed by atoms with Gasteiger partial charge in [-0.05, 0) is 0 Å². The van der Waals surface area contributed by atoms with Gasteiger partial charge in [0.1, 0.15) is 12.9 Å². The van der Waals surface area contributed by atoms with Gasteiger partial charge in [0.25, 0.3) is 0 Å². The molecular weight excluding hydrogens is 162 g/mol. The van der Waals surface area contributed by atoms with Crippen molar-refractivity contribution in [2.75, 3.05) is 0 Å². The number of carbonyl (C=O) groups is 2. The summed E-state index contributed by atoms with van der Waals surface area (Å²) in [6, 6.07) is 0. The Kier molecular flexibility index (Phi) is 2.18. The maximum atomic E-state index is 10.7. The van der Waals surface area contributed by atoms with Gasteiger partial charge in [0.2, 0.25) is 5.82 Å². The molecule has 0 bridgehead atoms. The van der Waals surface area contributed by atoms with Gasteiger partial charge in [-0.25, -0.2) is 9.67 Å². The summed E-state index contributed by atoms with van der Waals surface area (Å²) < 4.78 is 1.10. The SMILES string of the molecule is CC(=O)c1ncn(CC(=O)O)n1. The van der Waals surface area contributed by atoms with E-state index in [1.807, 2.05) is 0 Å². The second-order valence-electron chi connectivity index (χ2n) is 2.22. The molecule has 0 unspecified atom stereocenters. The lowest BCUT2D eigenvalue weighted by molar-refractivity contribution is -0.137. The molecule has 12 heavy (non-hydrogen) atoms. The van der Waals surface area contributed by atoms with Gasteiger partial charge in [-0.2, -0.15) is 0 Å². The van der Waals surface area contributed by atoms with Crippen LogP contribution in [0.15, 0.2) is 6.33 Å². The van der Waals surface area contributed by atoms with Crippen molar-refractivity contribution in [1.29, 1.82) is 0 Å². The minimum Gasteiger partial charge on any atom is -0.480 e. The highest BCUT2D eigenvalue weighted by Gasteiger charge is 2.06. The zero-order valence-corrected chi connectivity index (χ0v) is 6.39. The molecule has 0 atom stereocenters. The van der Waals surface area contributed by atoms with Crippen molar-refractivity contribution in [2.45, 2.75) is 13.5 Å². The van der Waals surface area contributed by atoms with Gasteiger partial charge in [-0.3, -0.25) is 9.59 Å². The van der Waals surface area contributed by atoms with Crippen LogP contribution in [0.4, 0.5) is 0 Å². The van der Waals surface area contributed by atoms with Crippen LogP contribution >= 0.6 is 0 Å². The van der Waals surface area contributed by atoms with Crippen molar-refractivity contribution in [1.82, 2.24) is 14.8 Å². The van der Waals surface area contributed by atoms with Crippen LogP contribution < -0.4 is 0 Å². The molecule has 1 aromatic rings. The topological polar surface area (TPSA) is 85.1 Å². The van der Waals surface area contributed by atoms with Crippen LogP contribution in [0.25, 0.3) is 0 Å². The number of aliphatic carboxylic acids is 1. The summed E-state index contributed by atoms with van der Waals surface area (Å²) in [5, 5.41) is 12.0. The highest BCUT2D eigenvalue weighted by Crippen LogP contribution is 1.90. The van der Waals surface area contributed by atoms with Gasteiger partial charge < -0.3 is 5.11 Å². The molecule has 0 fully saturated rings. The van der Waals surface area contributed by atoms with Gasteiger partial charge in [0.15, 0.2) is 5.78 Å². The molecule has 6 heteroatoms. The number of carboxylic acid groups (broad SMARTS) is 1. The van der Waals surface area contributed by atoms with E-state index in [4.69, 9.17) is 5.11 Å². The average molecular weight is 169 g/mol. The molecule has 1 aromatic heterocycles. The predicted molar refractivity (Wildman–Crippen MR) is 37.7 cm³/mol. The number of hydrogen-bond acceptors (Lipinski definition) is 4. The van der Waals surface area contributed by atoms with Crippen LogP contribution in [-0.2, 0) is 11.3 Å². The van der Waals surface area contributed by atoms with E-state index in [2.05, 4.69) is 10.1 Å². The third-order valence-electron chi connectivity index (χ3n) is 1.15. The number of aromatic nitrogens is 3. The molecule has 6 nitrogen and oxygen atoms in total. The van der Waals surface area contributed by atoms with Gasteiger partial charge >= 0.3 is 5.97 Å². The highest BCUT2D eigenvalue weighted by atomic mass is 16.4. The van der Waals surface area contributed by atoms with Gasteiger partial charge in [-0.1, -0.05) is 0 Å². The summed E-state index contributed by atoms with van der Waals surface area (Å²) in [5.74, 6) is -1.26. The summed E-state index contributed by atoms with van der Waals surface area (Å²) in [6.07, 6.45) is 1.21. The lowest BCUT2D eigenvalue weighted by Gasteiger charge is -1.91. The fourth-order valence-corrected chi connectivity index (χ4v) is 0.671. The maximum absolute atomic E-state index is 10.7. The van der Waals surface area contributed by atoms with Crippen molar-refractivity contribution < 1.29 is 14.7 Å². The largest absolute Gasteiger partial charge is 0.480 e. The van der Waals surface area contributed by atoms with E-state index in [0.29, 0.717) is 0 Å². The normalized spacial score (nSPS) is 9.75. The molecule has 64 valence electrons. The molecule has 1 rings (SSSR count). The Balaban J connectivity index is 2.77. The third-order valence-corrected chi connectivity index (χ3v) is 1.15. The number of Topliss-reactive ketones (excluding diaryl/α,β-unsaturated/α-hetero) is 1. The Morgan fingerprint density at radius 3 is 2.75 bits per heavy atom. The molecule has 0 aliphatic rings. The van der Waals surface area contributed by atoms with Gasteiger partial charge in [0, 0.05) is 6.92 Å². The van der Waals surface area contributed by atoms with E-state index in [0.717, 1.165) is 4.68 Å². The first-order valence-electron chi connectivity index (χ1n) is 3.22. The summed E-state index contributed by atoms with van der Waals surface area (Å²) in [5.41, 5.74) is 0. The monoisotopic (exact) mass is 169 g/mol. The smallest absolute Gasteiger partial charge is 0.325 e. The number of rotatable bonds is 3. The van der Waals surface area contributed by atoms with E-state index in [1.165, 1.54) is 13.3 Å². The number of carbonyl (C=O) groups excluding carboxylic acids is 1. The molecule has 0 aliphatic carbocycles. The lowest BCUT2D eigenvalue weighted by atomic mass is 10.4. The fraction of sp³-hybridized carbons (Fsp3) is 0.333.